The van der Waals surface area contributed by atoms with Gasteiger partial charge in [-0.2, -0.15) is 0 Å². The molecule has 4 heteroatoms. The lowest BCUT2D eigenvalue weighted by atomic mass is 10.0. The minimum atomic E-state index is -1.37. The highest BCUT2D eigenvalue weighted by Crippen LogP contribution is 2.39. The molecule has 292 valence electrons. The van der Waals surface area contributed by atoms with Crippen molar-refractivity contribution in [3.63, 3.8) is 0 Å². The van der Waals surface area contributed by atoms with Crippen LogP contribution in [0.1, 0.15) is 5.56 Å². The van der Waals surface area contributed by atoms with Gasteiger partial charge in [0.2, 0.25) is 0 Å². The maximum absolute atomic E-state index is 4.01. The number of allylic oxidation sites excluding steroid dienone is 5. The Balaban J connectivity index is 1.16. The molecule has 1 aromatic heterocycles. The molecule has 0 aliphatic heterocycles. The SMILES string of the molecule is C=C/C=C(\C=C/C[Si](C)(C)C)c1ccc(N(c2ccc(-c3ccc([Si](C)(C)C)cc3)cc2)c2ccc(-c3ccc4c(c3)c3ccccc3n4-c3ccccc3)cc2)cc1. The molecular formula is C55H54N2Si2. The fourth-order valence-corrected chi connectivity index (χ4v) is 9.93. The van der Waals surface area contributed by atoms with Crippen molar-refractivity contribution in [3.05, 3.63) is 206 Å². The van der Waals surface area contributed by atoms with Crippen LogP contribution >= 0.6 is 0 Å². The van der Waals surface area contributed by atoms with E-state index in [-0.39, 0.29) is 0 Å². The van der Waals surface area contributed by atoms with E-state index in [2.05, 4.69) is 243 Å². The second kappa shape index (κ2) is 16.6. The summed E-state index contributed by atoms with van der Waals surface area (Å²) in [7, 11) is -2.56. The smallest absolute Gasteiger partial charge is 0.0775 e. The van der Waals surface area contributed by atoms with Crippen LogP contribution in [0.4, 0.5) is 17.1 Å². The van der Waals surface area contributed by atoms with Crippen LogP contribution in [-0.2, 0) is 0 Å². The lowest BCUT2D eigenvalue weighted by molar-refractivity contribution is 1.18. The van der Waals surface area contributed by atoms with E-state index in [1.54, 1.807) is 0 Å². The molecule has 0 radical (unpaired) electrons. The van der Waals surface area contributed by atoms with Crippen LogP contribution in [0.2, 0.25) is 45.3 Å². The fraction of sp³-hybridized carbons (Fsp3) is 0.127. The molecule has 8 rings (SSSR count). The third-order valence-electron chi connectivity index (χ3n) is 11.1. The first-order valence-electron chi connectivity index (χ1n) is 20.8. The number of fused-ring (bicyclic) bond motifs is 3. The topological polar surface area (TPSA) is 8.17 Å². The summed E-state index contributed by atoms with van der Waals surface area (Å²) in [6.07, 6.45) is 8.59. The highest BCUT2D eigenvalue weighted by Gasteiger charge is 2.18. The van der Waals surface area contributed by atoms with Gasteiger partial charge >= 0.3 is 0 Å². The first kappa shape index (κ1) is 39.6. The molecule has 1 heterocycles. The van der Waals surface area contributed by atoms with Crippen LogP contribution in [0.5, 0.6) is 0 Å². The summed E-state index contributed by atoms with van der Waals surface area (Å²) in [6, 6.07) is 63.6. The van der Waals surface area contributed by atoms with Crippen molar-refractivity contribution in [2.24, 2.45) is 0 Å². The number of hydrogen-bond acceptors (Lipinski definition) is 1. The van der Waals surface area contributed by atoms with Gasteiger partial charge < -0.3 is 9.47 Å². The predicted octanol–water partition coefficient (Wildman–Crippen LogP) is 15.6. The third-order valence-corrected chi connectivity index (χ3v) is 14.7. The van der Waals surface area contributed by atoms with Crippen LogP contribution in [0.25, 0.3) is 55.3 Å². The summed E-state index contributed by atoms with van der Waals surface area (Å²) in [6.45, 7) is 18.4. The zero-order valence-corrected chi connectivity index (χ0v) is 37.3. The molecule has 0 saturated heterocycles. The first-order chi connectivity index (χ1) is 28.5. The van der Waals surface area contributed by atoms with E-state index in [1.165, 1.54) is 66.1 Å². The Labute approximate surface area is 353 Å². The molecule has 0 fully saturated rings. The Morgan fingerprint density at radius 2 is 1.05 bits per heavy atom. The molecule has 0 aliphatic rings. The zero-order chi connectivity index (χ0) is 41.1. The number of benzene rings is 7. The number of hydrogen-bond donors (Lipinski definition) is 0. The van der Waals surface area contributed by atoms with Gasteiger partial charge in [-0.3, -0.25) is 0 Å². The van der Waals surface area contributed by atoms with Crippen molar-refractivity contribution in [1.82, 2.24) is 4.57 Å². The second-order valence-corrected chi connectivity index (χ2v) is 28.4. The molecule has 2 nitrogen and oxygen atoms in total. The standard InChI is InChI=1S/C55H54N2Si2/c1-8-15-41(16-14-39-58(2,3)4)42-21-30-48(31-22-42)56(49-32-23-43(24-33-49)44-27-36-51(37-28-44)59(5,6)7)50-34-25-45(26-35-50)46-29-38-55-53(40-46)52-19-12-13-20-54(52)57(55)47-17-10-9-11-18-47/h8-38,40H,1,39H2,2-7H3/b16-14-,41-15+. The molecular weight excluding hydrogens is 745 g/mol. The molecule has 7 aromatic carbocycles. The highest BCUT2D eigenvalue weighted by molar-refractivity contribution is 6.88. The Morgan fingerprint density at radius 1 is 0.542 bits per heavy atom. The number of nitrogens with zero attached hydrogens (tertiary/aromatic N) is 2. The summed E-state index contributed by atoms with van der Waals surface area (Å²) in [5, 5.41) is 3.99. The van der Waals surface area contributed by atoms with Crippen molar-refractivity contribution in [3.8, 4) is 27.9 Å². The van der Waals surface area contributed by atoms with E-state index < -0.39 is 16.1 Å². The van der Waals surface area contributed by atoms with Crippen molar-refractivity contribution in [2.45, 2.75) is 45.3 Å². The van der Waals surface area contributed by atoms with Gasteiger partial charge in [-0.1, -0.05) is 178 Å². The Bertz CT molecular complexity index is 2780. The van der Waals surface area contributed by atoms with Crippen molar-refractivity contribution < 1.29 is 0 Å². The van der Waals surface area contributed by atoms with Gasteiger partial charge in [-0.05, 0) is 106 Å². The molecule has 0 amide bonds. The fourth-order valence-electron chi connectivity index (χ4n) is 7.94. The summed E-state index contributed by atoms with van der Waals surface area (Å²) in [4.78, 5) is 2.36. The quantitative estimate of drug-likeness (QED) is 0.0883. The number of aromatic nitrogens is 1. The molecule has 0 unspecified atom stereocenters. The predicted molar refractivity (Wildman–Crippen MR) is 265 cm³/mol. The highest BCUT2D eigenvalue weighted by atomic mass is 28.3. The van der Waals surface area contributed by atoms with Gasteiger partial charge in [-0.15, -0.1) is 0 Å². The zero-order valence-electron chi connectivity index (χ0n) is 35.3. The van der Waals surface area contributed by atoms with Crippen LogP contribution in [-0.4, -0.2) is 20.7 Å². The summed E-state index contributed by atoms with van der Waals surface area (Å²) >= 11 is 0. The van der Waals surface area contributed by atoms with Gasteiger partial charge in [0.1, 0.15) is 0 Å². The van der Waals surface area contributed by atoms with E-state index in [0.29, 0.717) is 0 Å². The van der Waals surface area contributed by atoms with E-state index >= 15 is 0 Å². The molecule has 0 spiro atoms. The van der Waals surface area contributed by atoms with E-state index in [4.69, 9.17) is 0 Å². The van der Waals surface area contributed by atoms with E-state index in [9.17, 15) is 0 Å². The maximum atomic E-state index is 4.01. The molecule has 59 heavy (non-hydrogen) atoms. The van der Waals surface area contributed by atoms with Gasteiger partial charge in [0.05, 0.1) is 19.1 Å². The molecule has 0 bridgehead atoms. The van der Waals surface area contributed by atoms with Crippen molar-refractivity contribution >= 4 is 65.8 Å². The second-order valence-electron chi connectivity index (χ2n) is 17.7. The summed E-state index contributed by atoms with van der Waals surface area (Å²) in [5.74, 6) is 0. The van der Waals surface area contributed by atoms with Crippen molar-refractivity contribution in [2.75, 3.05) is 4.90 Å². The molecule has 8 aromatic rings. The minimum Gasteiger partial charge on any atom is -0.311 e. The van der Waals surface area contributed by atoms with Gasteiger partial charge in [-0.25, -0.2) is 0 Å². The molecule has 0 aliphatic carbocycles. The molecule has 0 atom stereocenters. The summed E-state index contributed by atoms with van der Waals surface area (Å²) < 4.78 is 2.37. The average molecular weight is 799 g/mol. The monoisotopic (exact) mass is 798 g/mol. The van der Waals surface area contributed by atoms with E-state index in [0.717, 1.165) is 23.1 Å². The van der Waals surface area contributed by atoms with Crippen LogP contribution < -0.4 is 10.1 Å². The number of para-hydroxylation sites is 2. The van der Waals surface area contributed by atoms with Gasteiger partial charge in [0.15, 0.2) is 0 Å². The first-order valence-corrected chi connectivity index (χ1v) is 28.0. The van der Waals surface area contributed by atoms with Gasteiger partial charge in [0.25, 0.3) is 0 Å². The Hall–Kier alpha value is -6.21. The van der Waals surface area contributed by atoms with Crippen molar-refractivity contribution in [1.29, 1.82) is 0 Å². The van der Waals surface area contributed by atoms with E-state index in [1.807, 2.05) is 6.08 Å². The lowest BCUT2D eigenvalue weighted by Gasteiger charge is -2.26. The minimum absolute atomic E-state index is 1.10. The van der Waals surface area contributed by atoms with Crippen LogP contribution in [0.3, 0.4) is 0 Å². The van der Waals surface area contributed by atoms with Crippen LogP contribution in [0.15, 0.2) is 201 Å². The number of anilines is 3. The number of rotatable bonds is 12. The molecule has 0 saturated carbocycles. The Kier molecular flexibility index (Phi) is 11.1. The average Bonchev–Trinajstić information content (AvgIpc) is 3.58. The van der Waals surface area contributed by atoms with Gasteiger partial charge in [0, 0.05) is 41.6 Å². The normalized spacial score (nSPS) is 12.4. The van der Waals surface area contributed by atoms with Crippen LogP contribution in [0, 0.1) is 0 Å². The largest absolute Gasteiger partial charge is 0.311 e. The Morgan fingerprint density at radius 3 is 1.63 bits per heavy atom. The third kappa shape index (κ3) is 8.66. The summed E-state index contributed by atoms with van der Waals surface area (Å²) in [5.41, 5.74) is 14.1. The maximum Gasteiger partial charge on any atom is 0.0775 e. The lowest BCUT2D eigenvalue weighted by Crippen LogP contribution is -2.37. The molecule has 0 N–H and O–H groups in total.